The molecule has 2 aromatic rings. The van der Waals surface area contributed by atoms with Crippen molar-refractivity contribution in [3.8, 4) is 11.8 Å². The third-order valence-electron chi connectivity index (χ3n) is 2.08. The lowest BCUT2D eigenvalue weighted by Crippen LogP contribution is -2.05. The maximum absolute atomic E-state index is 11.2. The number of hydrogen-bond donors (Lipinski definition) is 0. The lowest BCUT2D eigenvalue weighted by atomic mass is 10.2. The molecule has 0 aliphatic carbocycles. The van der Waals surface area contributed by atoms with Crippen LogP contribution >= 0.6 is 11.6 Å². The maximum Gasteiger partial charge on any atom is 0.272 e. The second-order valence-corrected chi connectivity index (χ2v) is 3.38. The number of halogens is 1. The van der Waals surface area contributed by atoms with E-state index in [1.807, 2.05) is 24.3 Å². The monoisotopic (exact) mass is 231 g/mol. The van der Waals surface area contributed by atoms with Gasteiger partial charge in [-0.3, -0.25) is 4.79 Å². The molecule has 0 saturated carbocycles. The van der Waals surface area contributed by atoms with Crippen LogP contribution in [0.15, 0.2) is 36.5 Å². The number of aromatic nitrogens is 2. The molecule has 0 amide bonds. The van der Waals surface area contributed by atoms with E-state index in [1.54, 1.807) is 12.1 Å². The van der Waals surface area contributed by atoms with Gasteiger partial charge in [0, 0.05) is 0 Å². The summed E-state index contributed by atoms with van der Waals surface area (Å²) in [5.74, 6) is 0. The summed E-state index contributed by atoms with van der Waals surface area (Å²) in [6.07, 6.45) is 1.32. The summed E-state index contributed by atoms with van der Waals surface area (Å²) in [5, 5.41) is 12.1. The highest BCUT2D eigenvalue weighted by Gasteiger charge is 2.17. The molecule has 0 aliphatic heterocycles. The second-order valence-electron chi connectivity index (χ2n) is 3.04. The Bertz CT molecular complexity index is 569. The van der Waals surface area contributed by atoms with Crippen LogP contribution in [-0.2, 0) is 0 Å². The molecule has 0 atom stereocenters. The van der Waals surface area contributed by atoms with Crippen LogP contribution in [0.4, 0.5) is 0 Å². The van der Waals surface area contributed by atoms with Crippen molar-refractivity contribution >= 4 is 16.8 Å². The number of rotatable bonds is 2. The molecule has 16 heavy (non-hydrogen) atoms. The van der Waals surface area contributed by atoms with Crippen LogP contribution in [0, 0.1) is 11.3 Å². The van der Waals surface area contributed by atoms with Crippen molar-refractivity contribution in [1.29, 1.82) is 5.26 Å². The highest BCUT2D eigenvalue weighted by molar-refractivity contribution is 6.67. The number of nitrogens with zero attached hydrogens (tertiary/aromatic N) is 3. The minimum absolute atomic E-state index is 0.0929. The average Bonchev–Trinajstić information content (AvgIpc) is 2.73. The van der Waals surface area contributed by atoms with Gasteiger partial charge in [0.1, 0.15) is 17.3 Å². The molecular weight excluding hydrogens is 226 g/mol. The fourth-order valence-electron chi connectivity index (χ4n) is 1.38. The number of benzene rings is 1. The van der Waals surface area contributed by atoms with Gasteiger partial charge in [-0.05, 0) is 23.7 Å². The van der Waals surface area contributed by atoms with Gasteiger partial charge in [0.2, 0.25) is 0 Å². The zero-order valence-electron chi connectivity index (χ0n) is 8.09. The molecule has 0 radical (unpaired) electrons. The Labute approximate surface area is 96.7 Å². The van der Waals surface area contributed by atoms with E-state index in [0.717, 1.165) is 0 Å². The molecule has 1 aromatic carbocycles. The van der Waals surface area contributed by atoms with E-state index >= 15 is 0 Å². The van der Waals surface area contributed by atoms with Crippen molar-refractivity contribution in [3.05, 3.63) is 47.8 Å². The fraction of sp³-hybridized carbons (Fsp3) is 0. The average molecular weight is 232 g/mol. The van der Waals surface area contributed by atoms with E-state index < -0.39 is 5.24 Å². The number of hydrogen-bond acceptors (Lipinski definition) is 3. The Kier molecular flexibility index (Phi) is 2.71. The second kappa shape index (κ2) is 4.17. The lowest BCUT2D eigenvalue weighted by molar-refractivity contribution is 0.107. The summed E-state index contributed by atoms with van der Waals surface area (Å²) < 4.78 is 1.36. The summed E-state index contributed by atoms with van der Waals surface area (Å²) >= 11 is 5.43. The first-order chi connectivity index (χ1) is 7.74. The van der Waals surface area contributed by atoms with Crippen molar-refractivity contribution in [2.75, 3.05) is 0 Å². The number of nitriles is 1. The third kappa shape index (κ3) is 1.69. The van der Waals surface area contributed by atoms with Gasteiger partial charge in [0.05, 0.1) is 11.9 Å². The molecular formula is C11H6ClN3O. The molecule has 0 spiro atoms. The highest BCUT2D eigenvalue weighted by Crippen LogP contribution is 2.16. The van der Waals surface area contributed by atoms with Crippen LogP contribution in [0.5, 0.6) is 0 Å². The van der Waals surface area contributed by atoms with Crippen LogP contribution in [0.25, 0.3) is 5.69 Å². The van der Waals surface area contributed by atoms with Crippen molar-refractivity contribution in [2.24, 2.45) is 0 Å². The standard InChI is InChI=1S/C11H6ClN3O/c12-11(16)10-8(6-13)7-14-15(10)9-4-2-1-3-5-9/h1-5,7H. The molecule has 2 rings (SSSR count). The van der Waals surface area contributed by atoms with E-state index in [9.17, 15) is 4.79 Å². The molecule has 4 nitrogen and oxygen atoms in total. The van der Waals surface area contributed by atoms with E-state index in [-0.39, 0.29) is 11.3 Å². The van der Waals surface area contributed by atoms with Crippen LogP contribution in [-0.4, -0.2) is 15.0 Å². The normalized spacial score (nSPS) is 9.75. The van der Waals surface area contributed by atoms with Crippen LogP contribution in [0.3, 0.4) is 0 Å². The summed E-state index contributed by atoms with van der Waals surface area (Å²) in [7, 11) is 0. The van der Waals surface area contributed by atoms with E-state index in [4.69, 9.17) is 16.9 Å². The molecule has 1 heterocycles. The van der Waals surface area contributed by atoms with Crippen molar-refractivity contribution < 1.29 is 4.79 Å². The minimum atomic E-state index is -0.696. The SMILES string of the molecule is N#Cc1cnn(-c2ccccc2)c1C(=O)Cl. The molecule has 0 fully saturated rings. The van der Waals surface area contributed by atoms with E-state index in [0.29, 0.717) is 5.69 Å². The zero-order chi connectivity index (χ0) is 11.5. The van der Waals surface area contributed by atoms with Crippen molar-refractivity contribution in [2.45, 2.75) is 0 Å². The highest BCUT2D eigenvalue weighted by atomic mass is 35.5. The van der Waals surface area contributed by atoms with Gasteiger partial charge in [-0.1, -0.05) is 18.2 Å². The fourth-order valence-corrected chi connectivity index (χ4v) is 1.57. The Balaban J connectivity index is 2.64. The third-order valence-corrected chi connectivity index (χ3v) is 2.26. The number of carbonyl (C=O) groups is 1. The Hall–Kier alpha value is -2.12. The van der Waals surface area contributed by atoms with Gasteiger partial charge in [0.15, 0.2) is 0 Å². The topological polar surface area (TPSA) is 58.7 Å². The Morgan fingerprint density at radius 2 is 2.06 bits per heavy atom. The molecule has 0 aliphatic rings. The lowest BCUT2D eigenvalue weighted by Gasteiger charge is -2.03. The van der Waals surface area contributed by atoms with Crippen molar-refractivity contribution in [3.63, 3.8) is 0 Å². The zero-order valence-corrected chi connectivity index (χ0v) is 8.85. The Morgan fingerprint density at radius 1 is 1.38 bits per heavy atom. The largest absolute Gasteiger partial charge is 0.274 e. The molecule has 0 bridgehead atoms. The van der Waals surface area contributed by atoms with E-state index in [2.05, 4.69) is 5.10 Å². The summed E-state index contributed by atoms with van der Waals surface area (Å²) in [6, 6.07) is 10.9. The van der Waals surface area contributed by atoms with Gasteiger partial charge < -0.3 is 0 Å². The summed E-state index contributed by atoms with van der Waals surface area (Å²) in [5.41, 5.74) is 0.951. The van der Waals surface area contributed by atoms with Crippen LogP contribution in [0.2, 0.25) is 0 Å². The maximum atomic E-state index is 11.2. The first-order valence-corrected chi connectivity index (χ1v) is 4.85. The molecule has 0 saturated heterocycles. The number of carbonyl (C=O) groups excluding carboxylic acids is 1. The van der Waals surface area contributed by atoms with E-state index in [1.165, 1.54) is 10.9 Å². The van der Waals surface area contributed by atoms with Crippen molar-refractivity contribution in [1.82, 2.24) is 9.78 Å². The quantitative estimate of drug-likeness (QED) is 0.744. The summed E-state index contributed by atoms with van der Waals surface area (Å²) in [4.78, 5) is 11.2. The van der Waals surface area contributed by atoms with Gasteiger partial charge in [0.25, 0.3) is 5.24 Å². The smallest absolute Gasteiger partial charge is 0.272 e. The predicted molar refractivity (Wildman–Crippen MR) is 58.5 cm³/mol. The Morgan fingerprint density at radius 3 is 2.62 bits per heavy atom. The predicted octanol–water partition coefficient (Wildman–Crippen LogP) is 2.12. The molecule has 0 unspecified atom stereocenters. The first kappa shape index (κ1) is 10.4. The van der Waals surface area contributed by atoms with Crippen LogP contribution < -0.4 is 0 Å². The molecule has 5 heteroatoms. The minimum Gasteiger partial charge on any atom is -0.274 e. The van der Waals surface area contributed by atoms with Gasteiger partial charge in [-0.25, -0.2) is 4.68 Å². The van der Waals surface area contributed by atoms with Gasteiger partial charge in [-0.15, -0.1) is 0 Å². The number of para-hydroxylation sites is 1. The molecule has 78 valence electrons. The van der Waals surface area contributed by atoms with Crippen LogP contribution in [0.1, 0.15) is 16.1 Å². The first-order valence-electron chi connectivity index (χ1n) is 4.47. The summed E-state index contributed by atoms with van der Waals surface area (Å²) in [6.45, 7) is 0. The molecule has 1 aromatic heterocycles. The van der Waals surface area contributed by atoms with Gasteiger partial charge >= 0.3 is 0 Å². The van der Waals surface area contributed by atoms with Gasteiger partial charge in [-0.2, -0.15) is 10.4 Å². The molecule has 0 N–H and O–H groups in total.